The molecule has 0 unspecified atom stereocenters. The van der Waals surface area contributed by atoms with Gasteiger partial charge in [0.1, 0.15) is 12.1 Å². The summed E-state index contributed by atoms with van der Waals surface area (Å²) >= 11 is 0. The van der Waals surface area contributed by atoms with E-state index in [0.717, 1.165) is 5.56 Å². The zero-order chi connectivity index (χ0) is 10.7. The van der Waals surface area contributed by atoms with Crippen molar-refractivity contribution >= 4 is 5.78 Å². The Morgan fingerprint density at radius 3 is 2.40 bits per heavy atom. The number of nitrogens with zero attached hydrogens (tertiary/aromatic N) is 3. The number of ketones is 1. The van der Waals surface area contributed by atoms with Gasteiger partial charge >= 0.3 is 0 Å². The van der Waals surface area contributed by atoms with Gasteiger partial charge < -0.3 is 0 Å². The Hall–Kier alpha value is -1.76. The molecule has 1 saturated carbocycles. The number of hydrogen-bond acceptors (Lipinski definition) is 4. The number of carbonyl (C=O) groups is 1. The Morgan fingerprint density at radius 2 is 1.87 bits per heavy atom. The van der Waals surface area contributed by atoms with Crippen LogP contribution in [0.2, 0.25) is 0 Å². The maximum Gasteiger partial charge on any atom is 0.133 e. The van der Waals surface area contributed by atoms with Crippen molar-refractivity contribution in [2.75, 3.05) is 0 Å². The van der Waals surface area contributed by atoms with Crippen LogP contribution < -0.4 is 0 Å². The molecule has 1 aromatic heterocycles. The first-order valence-corrected chi connectivity index (χ1v) is 4.95. The van der Waals surface area contributed by atoms with Crippen molar-refractivity contribution in [3.63, 3.8) is 0 Å². The SMILES string of the molecule is N#CC1(c2cncnc2)CCC(=O)CC1. The summed E-state index contributed by atoms with van der Waals surface area (Å²) in [4.78, 5) is 19.0. The molecule has 0 radical (unpaired) electrons. The number of aromatic nitrogens is 2. The molecule has 0 atom stereocenters. The van der Waals surface area contributed by atoms with Crippen molar-refractivity contribution in [1.82, 2.24) is 9.97 Å². The van der Waals surface area contributed by atoms with Crippen molar-refractivity contribution in [3.8, 4) is 6.07 Å². The van der Waals surface area contributed by atoms with E-state index in [2.05, 4.69) is 16.0 Å². The molecule has 1 aliphatic rings. The molecule has 15 heavy (non-hydrogen) atoms. The lowest BCUT2D eigenvalue weighted by Gasteiger charge is -2.29. The highest BCUT2D eigenvalue weighted by Gasteiger charge is 2.36. The highest BCUT2D eigenvalue weighted by Crippen LogP contribution is 2.36. The molecule has 0 aromatic carbocycles. The van der Waals surface area contributed by atoms with Crippen molar-refractivity contribution in [3.05, 3.63) is 24.3 Å². The van der Waals surface area contributed by atoms with Gasteiger partial charge in [-0.3, -0.25) is 4.79 Å². The van der Waals surface area contributed by atoms with E-state index in [-0.39, 0.29) is 5.78 Å². The van der Waals surface area contributed by atoms with Crippen LogP contribution in [0.5, 0.6) is 0 Å². The van der Waals surface area contributed by atoms with Crippen LogP contribution in [0.4, 0.5) is 0 Å². The molecule has 4 nitrogen and oxygen atoms in total. The lowest BCUT2D eigenvalue weighted by atomic mass is 9.71. The first kappa shape index (κ1) is 9.78. The summed E-state index contributed by atoms with van der Waals surface area (Å²) in [5, 5.41) is 9.26. The van der Waals surface area contributed by atoms with Crippen LogP contribution in [-0.4, -0.2) is 15.8 Å². The molecule has 1 fully saturated rings. The van der Waals surface area contributed by atoms with Crippen molar-refractivity contribution in [1.29, 1.82) is 5.26 Å². The molecule has 1 heterocycles. The molecule has 4 heteroatoms. The number of nitriles is 1. The van der Waals surface area contributed by atoms with E-state index in [1.54, 1.807) is 12.4 Å². The van der Waals surface area contributed by atoms with Gasteiger partial charge in [0, 0.05) is 30.8 Å². The second-order valence-corrected chi connectivity index (χ2v) is 3.86. The summed E-state index contributed by atoms with van der Waals surface area (Å²) in [6.45, 7) is 0. The smallest absolute Gasteiger partial charge is 0.133 e. The standard InChI is InChI=1S/C11H11N3O/c12-7-11(3-1-10(15)2-4-11)9-5-13-8-14-6-9/h5-6,8H,1-4H2. The monoisotopic (exact) mass is 201 g/mol. The molecular formula is C11H11N3O. The minimum Gasteiger partial charge on any atom is -0.300 e. The number of Topliss-reactive ketones (excluding diaryl/α,β-unsaturated/α-hetero) is 1. The molecule has 0 aliphatic heterocycles. The first-order chi connectivity index (χ1) is 7.27. The molecule has 1 aliphatic carbocycles. The van der Waals surface area contributed by atoms with Crippen LogP contribution in [0.15, 0.2) is 18.7 Å². The minimum absolute atomic E-state index is 0.248. The van der Waals surface area contributed by atoms with Crippen molar-refractivity contribution in [2.24, 2.45) is 0 Å². The predicted molar refractivity (Wildman–Crippen MR) is 52.8 cm³/mol. The van der Waals surface area contributed by atoms with Crippen LogP contribution in [0, 0.1) is 11.3 Å². The molecule has 0 saturated heterocycles. The third-order valence-corrected chi connectivity index (χ3v) is 2.99. The van der Waals surface area contributed by atoms with Gasteiger partial charge in [-0.2, -0.15) is 5.26 Å². The van der Waals surface area contributed by atoms with Gasteiger partial charge in [-0.1, -0.05) is 0 Å². The highest BCUT2D eigenvalue weighted by molar-refractivity contribution is 5.80. The molecule has 0 amide bonds. The fourth-order valence-corrected chi connectivity index (χ4v) is 1.97. The predicted octanol–water partition coefficient (Wildman–Crippen LogP) is 1.38. The number of carbonyl (C=O) groups excluding carboxylic acids is 1. The molecule has 0 N–H and O–H groups in total. The summed E-state index contributed by atoms with van der Waals surface area (Å²) in [7, 11) is 0. The van der Waals surface area contributed by atoms with E-state index < -0.39 is 5.41 Å². The average Bonchev–Trinajstić information content (AvgIpc) is 2.32. The summed E-state index contributed by atoms with van der Waals surface area (Å²) in [5.74, 6) is 0.248. The number of rotatable bonds is 1. The van der Waals surface area contributed by atoms with Gasteiger partial charge in [-0.25, -0.2) is 9.97 Å². The van der Waals surface area contributed by atoms with Crippen LogP contribution in [0.1, 0.15) is 31.2 Å². The largest absolute Gasteiger partial charge is 0.300 e. The third-order valence-electron chi connectivity index (χ3n) is 2.99. The molecule has 0 bridgehead atoms. The zero-order valence-electron chi connectivity index (χ0n) is 8.31. The normalized spacial score (nSPS) is 19.5. The van der Waals surface area contributed by atoms with Gasteiger partial charge in [0.25, 0.3) is 0 Å². The summed E-state index contributed by atoms with van der Waals surface area (Å²) < 4.78 is 0. The Labute approximate surface area is 88.0 Å². The second kappa shape index (κ2) is 3.77. The van der Waals surface area contributed by atoms with E-state index in [9.17, 15) is 10.1 Å². The Morgan fingerprint density at radius 1 is 1.27 bits per heavy atom. The van der Waals surface area contributed by atoms with Gasteiger partial charge in [0.05, 0.1) is 11.5 Å². The van der Waals surface area contributed by atoms with Gasteiger partial charge in [0.2, 0.25) is 0 Å². The highest BCUT2D eigenvalue weighted by atomic mass is 16.1. The molecule has 2 rings (SSSR count). The molecule has 1 aromatic rings. The third kappa shape index (κ3) is 1.73. The summed E-state index contributed by atoms with van der Waals surface area (Å²) in [6.07, 6.45) is 6.96. The average molecular weight is 201 g/mol. The quantitative estimate of drug-likeness (QED) is 0.688. The van der Waals surface area contributed by atoms with Crippen LogP contribution in [-0.2, 0) is 10.2 Å². The molecule has 76 valence electrons. The van der Waals surface area contributed by atoms with Gasteiger partial charge in [0.15, 0.2) is 0 Å². The summed E-state index contributed by atoms with van der Waals surface area (Å²) in [6, 6.07) is 2.32. The maximum absolute atomic E-state index is 11.2. The lowest BCUT2D eigenvalue weighted by molar-refractivity contribution is -0.120. The van der Waals surface area contributed by atoms with Crippen LogP contribution in [0.25, 0.3) is 0 Å². The Bertz CT molecular complexity index is 398. The fraction of sp³-hybridized carbons (Fsp3) is 0.455. The minimum atomic E-state index is -0.546. The lowest BCUT2D eigenvalue weighted by Crippen LogP contribution is -2.30. The van der Waals surface area contributed by atoms with Gasteiger partial charge in [-0.15, -0.1) is 0 Å². The molecule has 0 spiro atoms. The summed E-state index contributed by atoms with van der Waals surface area (Å²) in [5.41, 5.74) is 0.287. The van der Waals surface area contributed by atoms with E-state index in [1.807, 2.05) is 0 Å². The van der Waals surface area contributed by atoms with E-state index in [1.165, 1.54) is 6.33 Å². The van der Waals surface area contributed by atoms with Crippen molar-refractivity contribution in [2.45, 2.75) is 31.1 Å². The molecular weight excluding hydrogens is 190 g/mol. The van der Waals surface area contributed by atoms with Gasteiger partial charge in [-0.05, 0) is 12.8 Å². The zero-order valence-corrected chi connectivity index (χ0v) is 8.31. The van der Waals surface area contributed by atoms with E-state index in [0.29, 0.717) is 25.7 Å². The van der Waals surface area contributed by atoms with E-state index >= 15 is 0 Å². The second-order valence-electron chi connectivity index (χ2n) is 3.86. The van der Waals surface area contributed by atoms with E-state index in [4.69, 9.17) is 0 Å². The fourth-order valence-electron chi connectivity index (χ4n) is 1.97. The topological polar surface area (TPSA) is 66.6 Å². The van der Waals surface area contributed by atoms with Crippen molar-refractivity contribution < 1.29 is 4.79 Å². The Kier molecular flexibility index (Phi) is 2.46. The Balaban J connectivity index is 2.32. The van der Waals surface area contributed by atoms with Crippen LogP contribution >= 0.6 is 0 Å². The van der Waals surface area contributed by atoms with Crippen LogP contribution in [0.3, 0.4) is 0 Å². The maximum atomic E-state index is 11.2. The first-order valence-electron chi connectivity index (χ1n) is 4.95. The number of hydrogen-bond donors (Lipinski definition) is 0.